The molecule has 0 spiro atoms. The number of rotatable bonds is 2. The number of benzene rings is 2. The smallest absolute Gasteiger partial charge is 0.269 e. The molecule has 0 aliphatic carbocycles. The van der Waals surface area contributed by atoms with E-state index in [0.29, 0.717) is 21.1 Å². The first-order chi connectivity index (χ1) is 9.94. The van der Waals surface area contributed by atoms with E-state index in [1.807, 2.05) is 0 Å². The Hall–Kier alpha value is -1.79. The van der Waals surface area contributed by atoms with Gasteiger partial charge in [0.05, 0.1) is 11.2 Å². The molecule has 1 heterocycles. The van der Waals surface area contributed by atoms with E-state index >= 15 is 0 Å². The van der Waals surface area contributed by atoms with Gasteiger partial charge in [-0.2, -0.15) is 0 Å². The quantitative estimate of drug-likeness (QED) is 0.753. The average Bonchev–Trinajstić information content (AvgIpc) is 2.72. The molecule has 0 radical (unpaired) electrons. The summed E-state index contributed by atoms with van der Waals surface area (Å²) in [5.41, 5.74) is 0.759. The van der Waals surface area contributed by atoms with Crippen LogP contribution in [-0.4, -0.2) is 17.5 Å². The first-order valence-corrected chi connectivity index (χ1v) is 8.47. The molecule has 3 aromatic rings. The maximum absolute atomic E-state index is 12.9. The Balaban J connectivity index is 2.41. The fourth-order valence-electron chi connectivity index (χ4n) is 2.38. The van der Waals surface area contributed by atoms with Crippen LogP contribution in [0.25, 0.3) is 10.9 Å². The minimum atomic E-state index is -3.80. The van der Waals surface area contributed by atoms with Gasteiger partial charge in [-0.15, -0.1) is 0 Å². The number of hydrogen-bond donors (Lipinski definition) is 1. The standard InChI is InChI=1S/C15H12BrNO3S/c1-10-15(18)11-6-2-4-8-13(11)17(10)21(19,20)14-9-5-3-7-12(14)16/h2-9,18H,1H3. The normalized spacial score (nSPS) is 11.9. The summed E-state index contributed by atoms with van der Waals surface area (Å²) in [6.07, 6.45) is 0. The zero-order chi connectivity index (χ0) is 15.2. The zero-order valence-corrected chi connectivity index (χ0v) is 13.5. The first kappa shape index (κ1) is 14.2. The highest BCUT2D eigenvalue weighted by atomic mass is 79.9. The predicted octanol–water partition coefficient (Wildman–Crippen LogP) is 3.65. The SMILES string of the molecule is Cc1c(O)c2ccccc2n1S(=O)(=O)c1ccccc1Br. The molecule has 1 N–H and O–H groups in total. The summed E-state index contributed by atoms with van der Waals surface area (Å²) in [4.78, 5) is 0.161. The molecule has 0 bridgehead atoms. The lowest BCUT2D eigenvalue weighted by atomic mass is 10.2. The molecule has 0 unspecified atom stereocenters. The first-order valence-electron chi connectivity index (χ1n) is 6.23. The summed E-state index contributed by atoms with van der Waals surface area (Å²) < 4.78 is 27.5. The number of nitrogens with zero attached hydrogens (tertiary/aromatic N) is 1. The average molecular weight is 366 g/mol. The zero-order valence-electron chi connectivity index (χ0n) is 11.1. The minimum Gasteiger partial charge on any atom is -0.505 e. The van der Waals surface area contributed by atoms with Crippen LogP contribution in [0.15, 0.2) is 57.9 Å². The largest absolute Gasteiger partial charge is 0.505 e. The molecule has 0 fully saturated rings. The van der Waals surface area contributed by atoms with E-state index in [1.165, 1.54) is 10.0 Å². The molecule has 0 aliphatic rings. The van der Waals surface area contributed by atoms with E-state index in [2.05, 4.69) is 15.9 Å². The third-order valence-electron chi connectivity index (χ3n) is 3.38. The topological polar surface area (TPSA) is 59.3 Å². The van der Waals surface area contributed by atoms with Gasteiger partial charge in [-0.25, -0.2) is 12.4 Å². The lowest BCUT2D eigenvalue weighted by Crippen LogP contribution is -2.14. The molecule has 1 aromatic heterocycles. The molecule has 0 saturated carbocycles. The van der Waals surface area contributed by atoms with Crippen LogP contribution < -0.4 is 0 Å². The molecule has 0 aliphatic heterocycles. The summed E-state index contributed by atoms with van der Waals surface area (Å²) in [7, 11) is -3.80. The number of para-hydroxylation sites is 1. The van der Waals surface area contributed by atoms with Gasteiger partial charge in [-0.1, -0.05) is 24.3 Å². The van der Waals surface area contributed by atoms with Crippen molar-refractivity contribution in [3.05, 3.63) is 58.7 Å². The third-order valence-corrected chi connectivity index (χ3v) is 6.20. The molecule has 0 amide bonds. The fourth-order valence-corrected chi connectivity index (χ4v) is 4.91. The Morgan fingerprint density at radius 1 is 1.05 bits per heavy atom. The van der Waals surface area contributed by atoms with Gasteiger partial charge in [0.15, 0.2) is 0 Å². The van der Waals surface area contributed by atoms with Gasteiger partial charge in [0.1, 0.15) is 10.6 Å². The van der Waals surface area contributed by atoms with E-state index in [-0.39, 0.29) is 10.6 Å². The van der Waals surface area contributed by atoms with E-state index in [9.17, 15) is 13.5 Å². The van der Waals surface area contributed by atoms with Crippen molar-refractivity contribution in [3.8, 4) is 5.75 Å². The van der Waals surface area contributed by atoms with Gasteiger partial charge >= 0.3 is 0 Å². The number of halogens is 1. The van der Waals surface area contributed by atoms with E-state index in [1.54, 1.807) is 49.4 Å². The van der Waals surface area contributed by atoms with Crippen molar-refractivity contribution in [2.75, 3.05) is 0 Å². The van der Waals surface area contributed by atoms with Crippen molar-refractivity contribution in [1.82, 2.24) is 3.97 Å². The van der Waals surface area contributed by atoms with Crippen molar-refractivity contribution >= 4 is 36.9 Å². The van der Waals surface area contributed by atoms with Gasteiger partial charge in [0.25, 0.3) is 10.0 Å². The van der Waals surface area contributed by atoms with Crippen LogP contribution in [0.5, 0.6) is 5.75 Å². The summed E-state index contributed by atoms with van der Waals surface area (Å²) in [6, 6.07) is 13.5. The van der Waals surface area contributed by atoms with Crippen LogP contribution in [0, 0.1) is 6.92 Å². The van der Waals surface area contributed by atoms with Crippen molar-refractivity contribution in [2.24, 2.45) is 0 Å². The van der Waals surface area contributed by atoms with Crippen LogP contribution in [0.3, 0.4) is 0 Å². The molecule has 4 nitrogen and oxygen atoms in total. The summed E-state index contributed by atoms with van der Waals surface area (Å²) in [5.74, 6) is -0.0128. The number of hydrogen-bond acceptors (Lipinski definition) is 3. The summed E-state index contributed by atoms with van der Waals surface area (Å²) in [6.45, 7) is 1.59. The summed E-state index contributed by atoms with van der Waals surface area (Å²) in [5, 5.41) is 10.7. The Kier molecular flexibility index (Phi) is 3.30. The lowest BCUT2D eigenvalue weighted by Gasteiger charge is -2.11. The highest BCUT2D eigenvalue weighted by molar-refractivity contribution is 9.10. The fraction of sp³-hybridized carbons (Fsp3) is 0.0667. The second-order valence-electron chi connectivity index (χ2n) is 4.65. The Labute approximate surface area is 130 Å². The monoisotopic (exact) mass is 365 g/mol. The molecule has 108 valence electrons. The van der Waals surface area contributed by atoms with E-state index in [4.69, 9.17) is 0 Å². The van der Waals surface area contributed by atoms with Crippen molar-refractivity contribution < 1.29 is 13.5 Å². The van der Waals surface area contributed by atoms with Crippen LogP contribution >= 0.6 is 15.9 Å². The molecule has 6 heteroatoms. The van der Waals surface area contributed by atoms with Crippen LogP contribution in [0.2, 0.25) is 0 Å². The molecular weight excluding hydrogens is 354 g/mol. The maximum Gasteiger partial charge on any atom is 0.269 e. The van der Waals surface area contributed by atoms with E-state index in [0.717, 1.165) is 0 Å². The number of aromatic hydroxyl groups is 1. The molecular formula is C15H12BrNO3S. The number of aromatic nitrogens is 1. The highest BCUT2D eigenvalue weighted by Crippen LogP contribution is 2.35. The van der Waals surface area contributed by atoms with Crippen molar-refractivity contribution in [1.29, 1.82) is 0 Å². The Bertz CT molecular complexity index is 945. The summed E-state index contributed by atoms with van der Waals surface area (Å²) >= 11 is 3.27. The van der Waals surface area contributed by atoms with Gasteiger partial charge in [0, 0.05) is 9.86 Å². The second kappa shape index (κ2) is 4.89. The predicted molar refractivity (Wildman–Crippen MR) is 85.1 cm³/mol. The van der Waals surface area contributed by atoms with Crippen LogP contribution in [-0.2, 0) is 10.0 Å². The molecule has 21 heavy (non-hydrogen) atoms. The lowest BCUT2D eigenvalue weighted by molar-refractivity contribution is 0.475. The van der Waals surface area contributed by atoms with Gasteiger partial charge in [0.2, 0.25) is 0 Å². The third kappa shape index (κ3) is 2.06. The maximum atomic E-state index is 12.9. The molecule has 2 aromatic carbocycles. The highest BCUT2D eigenvalue weighted by Gasteiger charge is 2.26. The van der Waals surface area contributed by atoms with Crippen molar-refractivity contribution in [2.45, 2.75) is 11.8 Å². The van der Waals surface area contributed by atoms with E-state index < -0.39 is 10.0 Å². The Morgan fingerprint density at radius 3 is 2.38 bits per heavy atom. The van der Waals surface area contributed by atoms with Crippen molar-refractivity contribution in [3.63, 3.8) is 0 Å². The second-order valence-corrected chi connectivity index (χ2v) is 7.26. The van der Waals surface area contributed by atoms with Gasteiger partial charge < -0.3 is 5.11 Å². The molecule has 0 saturated heterocycles. The number of fused-ring (bicyclic) bond motifs is 1. The minimum absolute atomic E-state index is 0.0128. The van der Waals surface area contributed by atoms with Gasteiger partial charge in [-0.3, -0.25) is 0 Å². The molecule has 0 atom stereocenters. The molecule has 3 rings (SSSR count). The van der Waals surface area contributed by atoms with Gasteiger partial charge in [-0.05, 0) is 47.1 Å². The Morgan fingerprint density at radius 2 is 1.67 bits per heavy atom. The van der Waals surface area contributed by atoms with Crippen LogP contribution in [0.1, 0.15) is 5.69 Å². The van der Waals surface area contributed by atoms with Crippen LogP contribution in [0.4, 0.5) is 0 Å².